The van der Waals surface area contributed by atoms with Gasteiger partial charge in [-0.1, -0.05) is 56.4 Å². The summed E-state index contributed by atoms with van der Waals surface area (Å²) in [6, 6.07) is 4.89. The van der Waals surface area contributed by atoms with Gasteiger partial charge in [0.1, 0.15) is 5.75 Å². The number of likely N-dealkylation sites (tertiary alicyclic amines) is 1. The molecule has 1 fully saturated rings. The molecule has 0 radical (unpaired) electrons. The number of allylic oxidation sites excluding steroid dienone is 4. The van der Waals surface area contributed by atoms with Crippen molar-refractivity contribution in [3.05, 3.63) is 65.8 Å². The monoisotopic (exact) mass is 443 g/mol. The second-order valence-corrected chi connectivity index (χ2v) is 7.58. The summed E-state index contributed by atoms with van der Waals surface area (Å²) in [5, 5.41) is 0. The maximum Gasteiger partial charge on any atom is 0.534 e. The fourth-order valence-corrected chi connectivity index (χ4v) is 3.25. The predicted molar refractivity (Wildman–Crippen MR) is 104 cm³/mol. The van der Waals surface area contributed by atoms with Crippen LogP contribution in [0.15, 0.2) is 60.2 Å². The summed E-state index contributed by atoms with van der Waals surface area (Å²) < 4.78 is 62.9. The molecule has 6 nitrogen and oxygen atoms in total. The van der Waals surface area contributed by atoms with Crippen LogP contribution in [0.3, 0.4) is 0 Å². The number of alkyl halides is 3. The molecule has 1 heterocycles. The standard InChI is InChI=1S/C18H14F3NO5S.C2H6/c19-18(20,21)28(25,26)27-13-8-6-12(7-9-13)10-11-22-16(23)14-4-2-1-3-5-15(14)17(22)24;1-2/h1-9,14H,10-11H2;1-2H3. The molecule has 2 amide bonds. The van der Waals surface area contributed by atoms with E-state index in [2.05, 4.69) is 4.18 Å². The number of hydrogen-bond acceptors (Lipinski definition) is 5. The normalized spacial score (nSPS) is 18.4. The van der Waals surface area contributed by atoms with Crippen LogP contribution in [0.25, 0.3) is 0 Å². The van der Waals surface area contributed by atoms with Gasteiger partial charge in [-0.05, 0) is 24.1 Å². The van der Waals surface area contributed by atoms with Gasteiger partial charge in [-0.3, -0.25) is 14.5 Å². The lowest BCUT2D eigenvalue weighted by molar-refractivity contribution is -0.138. The van der Waals surface area contributed by atoms with Gasteiger partial charge in [-0.25, -0.2) is 0 Å². The number of fused-ring (bicyclic) bond motifs is 1. The highest BCUT2D eigenvalue weighted by Gasteiger charge is 2.48. The van der Waals surface area contributed by atoms with Crippen molar-refractivity contribution in [3.8, 4) is 5.75 Å². The molecule has 10 heteroatoms. The zero-order valence-electron chi connectivity index (χ0n) is 16.2. The van der Waals surface area contributed by atoms with Gasteiger partial charge in [0, 0.05) is 12.1 Å². The minimum atomic E-state index is -5.73. The Morgan fingerprint density at radius 2 is 1.67 bits per heavy atom. The van der Waals surface area contributed by atoms with Crippen molar-refractivity contribution in [1.82, 2.24) is 4.90 Å². The van der Waals surface area contributed by atoms with Crippen LogP contribution in [0.5, 0.6) is 5.75 Å². The highest BCUT2D eigenvalue weighted by atomic mass is 32.2. The fourth-order valence-electron chi connectivity index (χ4n) is 2.79. The fraction of sp³-hybridized carbons (Fsp3) is 0.300. The van der Waals surface area contributed by atoms with E-state index in [4.69, 9.17) is 0 Å². The highest BCUT2D eigenvalue weighted by molar-refractivity contribution is 7.88. The number of hydrogen-bond donors (Lipinski definition) is 0. The summed E-state index contributed by atoms with van der Waals surface area (Å²) in [6.45, 7) is 4.09. The molecule has 0 saturated carbocycles. The molecule has 30 heavy (non-hydrogen) atoms. The molecule has 1 aromatic rings. The van der Waals surface area contributed by atoms with Crippen molar-refractivity contribution in [2.75, 3.05) is 6.54 Å². The molecule has 1 unspecified atom stereocenters. The predicted octanol–water partition coefficient (Wildman–Crippen LogP) is 3.52. The van der Waals surface area contributed by atoms with Gasteiger partial charge >= 0.3 is 15.6 Å². The van der Waals surface area contributed by atoms with E-state index in [1.54, 1.807) is 30.4 Å². The summed E-state index contributed by atoms with van der Waals surface area (Å²) in [6.07, 6.45) is 8.58. The van der Waals surface area contributed by atoms with Gasteiger partial charge in [0.15, 0.2) is 0 Å². The first-order valence-corrected chi connectivity index (χ1v) is 10.5. The van der Waals surface area contributed by atoms with Gasteiger partial charge in [0.2, 0.25) is 5.91 Å². The lowest BCUT2D eigenvalue weighted by atomic mass is 10.0. The van der Waals surface area contributed by atoms with Gasteiger partial charge < -0.3 is 4.18 Å². The molecule has 162 valence electrons. The van der Waals surface area contributed by atoms with E-state index >= 15 is 0 Å². The molecular weight excluding hydrogens is 423 g/mol. The number of carbonyl (C=O) groups excluding carboxylic acids is 2. The van der Waals surface area contributed by atoms with Crippen molar-refractivity contribution in [2.45, 2.75) is 25.8 Å². The van der Waals surface area contributed by atoms with Crippen LogP contribution in [-0.2, 0) is 26.1 Å². The minimum absolute atomic E-state index is 0.0874. The van der Waals surface area contributed by atoms with E-state index in [-0.39, 0.29) is 24.8 Å². The van der Waals surface area contributed by atoms with Crippen LogP contribution in [0.1, 0.15) is 19.4 Å². The maximum atomic E-state index is 12.4. The largest absolute Gasteiger partial charge is 0.534 e. The Morgan fingerprint density at radius 3 is 2.27 bits per heavy atom. The van der Waals surface area contributed by atoms with Crippen molar-refractivity contribution in [2.24, 2.45) is 5.92 Å². The number of nitrogens with zero attached hydrogens (tertiary/aromatic N) is 1. The van der Waals surface area contributed by atoms with Crippen molar-refractivity contribution >= 4 is 21.9 Å². The SMILES string of the molecule is CC.O=C1C2=CC=CC=CC2C(=O)N1CCc1ccc(OS(=O)(=O)C(F)(F)F)cc1. The van der Waals surface area contributed by atoms with Gasteiger partial charge in [-0.15, -0.1) is 0 Å². The van der Waals surface area contributed by atoms with E-state index in [1.165, 1.54) is 12.1 Å². The number of halogens is 3. The molecule has 1 aliphatic heterocycles. The van der Waals surface area contributed by atoms with E-state index in [9.17, 15) is 31.2 Å². The third-order valence-electron chi connectivity index (χ3n) is 4.20. The Balaban J connectivity index is 0.00000155. The minimum Gasteiger partial charge on any atom is -0.376 e. The van der Waals surface area contributed by atoms with Gasteiger partial charge in [0.05, 0.1) is 5.92 Å². The second kappa shape index (κ2) is 9.29. The number of amides is 2. The molecule has 1 aliphatic carbocycles. The van der Waals surface area contributed by atoms with E-state index < -0.39 is 27.3 Å². The second-order valence-electron chi connectivity index (χ2n) is 6.04. The van der Waals surface area contributed by atoms with E-state index in [1.807, 2.05) is 13.8 Å². The molecule has 1 atom stereocenters. The van der Waals surface area contributed by atoms with Crippen molar-refractivity contribution in [3.63, 3.8) is 0 Å². The average Bonchev–Trinajstić information content (AvgIpc) is 2.86. The zero-order valence-corrected chi connectivity index (χ0v) is 17.0. The molecule has 0 aromatic heterocycles. The third-order valence-corrected chi connectivity index (χ3v) is 5.18. The summed E-state index contributed by atoms with van der Waals surface area (Å²) in [5.74, 6) is -1.83. The number of carbonyl (C=O) groups is 2. The number of rotatable bonds is 5. The van der Waals surface area contributed by atoms with Crippen LogP contribution in [-0.4, -0.2) is 37.2 Å². The molecule has 0 spiro atoms. The smallest absolute Gasteiger partial charge is 0.376 e. The quantitative estimate of drug-likeness (QED) is 0.395. The van der Waals surface area contributed by atoms with Crippen molar-refractivity contribution < 1.29 is 35.4 Å². The van der Waals surface area contributed by atoms with Gasteiger partial charge in [-0.2, -0.15) is 21.6 Å². The molecule has 1 aromatic carbocycles. The van der Waals surface area contributed by atoms with Crippen LogP contribution < -0.4 is 4.18 Å². The third kappa shape index (κ3) is 4.99. The molecule has 3 rings (SSSR count). The molecule has 2 aliphatic rings. The van der Waals surface area contributed by atoms with Crippen LogP contribution in [0, 0.1) is 5.92 Å². The summed E-state index contributed by atoms with van der Waals surface area (Å²) in [4.78, 5) is 25.9. The zero-order chi connectivity index (χ0) is 22.5. The maximum absolute atomic E-state index is 12.4. The van der Waals surface area contributed by atoms with E-state index in [0.29, 0.717) is 11.1 Å². The van der Waals surface area contributed by atoms with Crippen LogP contribution in [0.4, 0.5) is 13.2 Å². The van der Waals surface area contributed by atoms with Gasteiger partial charge in [0.25, 0.3) is 5.91 Å². The highest BCUT2D eigenvalue weighted by Crippen LogP contribution is 2.29. The number of benzene rings is 1. The van der Waals surface area contributed by atoms with Crippen LogP contribution >= 0.6 is 0 Å². The summed E-state index contributed by atoms with van der Waals surface area (Å²) in [7, 11) is -5.73. The lowest BCUT2D eigenvalue weighted by Gasteiger charge is -2.14. The summed E-state index contributed by atoms with van der Waals surface area (Å²) in [5.41, 5.74) is -4.54. The molecule has 1 saturated heterocycles. The molecular formula is C20H20F3NO5S. The number of imide groups is 1. The summed E-state index contributed by atoms with van der Waals surface area (Å²) >= 11 is 0. The molecule has 0 bridgehead atoms. The Labute approximate surface area is 172 Å². The topological polar surface area (TPSA) is 80.8 Å². The van der Waals surface area contributed by atoms with E-state index in [0.717, 1.165) is 17.0 Å². The van der Waals surface area contributed by atoms with Crippen LogP contribution in [0.2, 0.25) is 0 Å². The molecule has 0 N–H and O–H groups in total. The Bertz CT molecular complexity index is 992. The Kier molecular flexibility index (Phi) is 7.25. The lowest BCUT2D eigenvalue weighted by Crippen LogP contribution is -2.32. The van der Waals surface area contributed by atoms with Crippen molar-refractivity contribution in [1.29, 1.82) is 0 Å². The Morgan fingerprint density at radius 1 is 1.03 bits per heavy atom. The first-order chi connectivity index (χ1) is 14.1. The first-order valence-electron chi connectivity index (χ1n) is 9.10. The first kappa shape index (κ1) is 23.4. The Hall–Kier alpha value is -2.88. The average molecular weight is 443 g/mol.